The van der Waals surface area contributed by atoms with E-state index in [1.165, 1.54) is 0 Å². The number of aromatic nitrogens is 3. The molecule has 0 amide bonds. The molecule has 0 aliphatic rings. The summed E-state index contributed by atoms with van der Waals surface area (Å²) in [4.78, 5) is 36.6. The largest absolute Gasteiger partial charge is 0.478 e. The molecule has 0 aliphatic carbocycles. The fourth-order valence-electron chi connectivity index (χ4n) is 2.36. The van der Waals surface area contributed by atoms with Gasteiger partial charge in [-0.2, -0.15) is 22.8 Å². The molecule has 3 rings (SSSR count). The third-order valence-electron chi connectivity index (χ3n) is 3.34. The molecular weight excluding hydrogens is 335 g/mol. The van der Waals surface area contributed by atoms with E-state index in [0.29, 0.717) is 16.6 Å². The van der Waals surface area contributed by atoms with Gasteiger partial charge in [0.25, 0.3) is 0 Å². The highest BCUT2D eigenvalue weighted by Gasteiger charge is 2.32. The van der Waals surface area contributed by atoms with Crippen LogP contribution in [0.3, 0.4) is 0 Å². The minimum atomic E-state index is -4.67. The molecule has 1 aromatic carbocycles. The smallest absolute Gasteiger partial charge is 0.416 e. The van der Waals surface area contributed by atoms with E-state index in [1.54, 1.807) is 0 Å². The van der Waals surface area contributed by atoms with E-state index in [4.69, 9.17) is 5.11 Å². The molecule has 24 heavy (non-hydrogen) atoms. The van der Waals surface area contributed by atoms with Gasteiger partial charge in [0.05, 0.1) is 16.6 Å². The van der Waals surface area contributed by atoms with Gasteiger partial charge in [0.1, 0.15) is 5.56 Å². The summed E-state index contributed by atoms with van der Waals surface area (Å²) in [5.41, 5.74) is -4.47. The third kappa shape index (κ3) is 2.17. The third-order valence-corrected chi connectivity index (χ3v) is 3.34. The van der Waals surface area contributed by atoms with Crippen LogP contribution in [-0.4, -0.2) is 36.7 Å². The number of aromatic amines is 1. The van der Waals surface area contributed by atoms with Gasteiger partial charge in [0, 0.05) is 5.39 Å². The summed E-state index contributed by atoms with van der Waals surface area (Å²) in [6.07, 6.45) is -4.67. The lowest BCUT2D eigenvalue weighted by Gasteiger charge is -2.08. The Labute approximate surface area is 128 Å². The number of H-pyrrole nitrogens is 1. The van der Waals surface area contributed by atoms with Gasteiger partial charge in [-0.05, 0) is 12.1 Å². The molecule has 11 heteroatoms. The van der Waals surface area contributed by atoms with Crippen LogP contribution in [0.1, 0.15) is 26.4 Å². The normalized spacial score (nSPS) is 12.0. The minimum absolute atomic E-state index is 0.0833. The van der Waals surface area contributed by atoms with Crippen molar-refractivity contribution in [2.45, 2.75) is 6.18 Å². The molecule has 0 saturated heterocycles. The number of carboxylic acid groups (broad SMARTS) is 2. The first-order valence-electron chi connectivity index (χ1n) is 6.24. The molecule has 2 aromatic heterocycles. The van der Waals surface area contributed by atoms with Crippen LogP contribution < -0.4 is 5.69 Å². The molecule has 0 unspecified atom stereocenters. The molecule has 124 valence electrons. The van der Waals surface area contributed by atoms with Crippen LogP contribution in [0, 0.1) is 0 Å². The SMILES string of the molecule is O=C(O)c1nn2c(=O)[nH]c3cc(C(F)(F)F)ccc3c2c1C(=O)O. The zero-order valence-electron chi connectivity index (χ0n) is 11.4. The summed E-state index contributed by atoms with van der Waals surface area (Å²) < 4.78 is 38.8. The number of fused-ring (bicyclic) bond motifs is 3. The topological polar surface area (TPSA) is 125 Å². The van der Waals surface area contributed by atoms with Crippen LogP contribution in [0.4, 0.5) is 13.2 Å². The zero-order chi connectivity index (χ0) is 17.8. The van der Waals surface area contributed by atoms with Crippen molar-refractivity contribution >= 4 is 28.4 Å². The molecule has 0 bridgehead atoms. The zero-order valence-corrected chi connectivity index (χ0v) is 11.4. The predicted octanol–water partition coefficient (Wildman–Crippen LogP) is 1.59. The van der Waals surface area contributed by atoms with Gasteiger partial charge < -0.3 is 15.2 Å². The summed E-state index contributed by atoms with van der Waals surface area (Å²) in [5, 5.41) is 21.6. The predicted molar refractivity (Wildman–Crippen MR) is 72.2 cm³/mol. The number of nitrogens with one attached hydrogen (secondary N) is 1. The Morgan fingerprint density at radius 3 is 2.38 bits per heavy atom. The molecule has 3 aromatic rings. The van der Waals surface area contributed by atoms with Crippen molar-refractivity contribution in [3.8, 4) is 0 Å². The van der Waals surface area contributed by atoms with Crippen LogP contribution >= 0.6 is 0 Å². The molecule has 0 spiro atoms. The number of aromatic carboxylic acids is 2. The van der Waals surface area contributed by atoms with Gasteiger partial charge in [-0.3, -0.25) is 0 Å². The van der Waals surface area contributed by atoms with Crippen molar-refractivity contribution in [2.75, 3.05) is 0 Å². The molecule has 0 saturated carbocycles. The van der Waals surface area contributed by atoms with E-state index in [9.17, 15) is 32.7 Å². The number of benzene rings is 1. The van der Waals surface area contributed by atoms with Gasteiger partial charge >= 0.3 is 23.8 Å². The van der Waals surface area contributed by atoms with Gasteiger partial charge in [-0.25, -0.2) is 14.4 Å². The highest BCUT2D eigenvalue weighted by Crippen LogP contribution is 2.32. The first kappa shape index (κ1) is 15.5. The van der Waals surface area contributed by atoms with E-state index >= 15 is 0 Å². The molecule has 3 N–H and O–H groups in total. The maximum Gasteiger partial charge on any atom is 0.416 e. The number of hydrogen-bond acceptors (Lipinski definition) is 4. The Morgan fingerprint density at radius 1 is 1.17 bits per heavy atom. The summed E-state index contributed by atoms with van der Waals surface area (Å²) in [6, 6.07) is 2.28. The molecule has 2 heterocycles. The first-order chi connectivity index (χ1) is 11.1. The average Bonchev–Trinajstić information content (AvgIpc) is 2.87. The van der Waals surface area contributed by atoms with E-state index in [1.807, 2.05) is 0 Å². The molecule has 8 nitrogen and oxygen atoms in total. The average molecular weight is 341 g/mol. The van der Waals surface area contributed by atoms with E-state index in [0.717, 1.165) is 6.07 Å². The second-order valence-electron chi connectivity index (χ2n) is 4.78. The number of carboxylic acids is 2. The summed E-state index contributed by atoms with van der Waals surface area (Å²) in [7, 11) is 0. The molecule has 0 atom stereocenters. The maximum atomic E-state index is 12.8. The van der Waals surface area contributed by atoms with Crippen LogP contribution in [0.15, 0.2) is 23.0 Å². The van der Waals surface area contributed by atoms with Crippen LogP contribution in [0.2, 0.25) is 0 Å². The fourth-order valence-corrected chi connectivity index (χ4v) is 2.36. The van der Waals surface area contributed by atoms with Crippen LogP contribution in [-0.2, 0) is 6.18 Å². The van der Waals surface area contributed by atoms with Crippen LogP contribution in [0.25, 0.3) is 16.4 Å². The number of nitrogens with zero attached hydrogens (tertiary/aromatic N) is 2. The Balaban J connectivity index is 2.53. The minimum Gasteiger partial charge on any atom is -0.478 e. The number of hydrogen-bond donors (Lipinski definition) is 3. The number of carbonyl (C=O) groups is 2. The monoisotopic (exact) mass is 341 g/mol. The Kier molecular flexibility index (Phi) is 3.11. The van der Waals surface area contributed by atoms with E-state index < -0.39 is 46.1 Å². The van der Waals surface area contributed by atoms with Gasteiger partial charge in [-0.15, -0.1) is 0 Å². The molecule has 0 radical (unpaired) electrons. The summed E-state index contributed by atoms with van der Waals surface area (Å²) >= 11 is 0. The Bertz CT molecular complexity index is 1080. The van der Waals surface area contributed by atoms with Crippen molar-refractivity contribution in [3.05, 3.63) is 45.5 Å². The quantitative estimate of drug-likeness (QED) is 0.650. The van der Waals surface area contributed by atoms with Crippen molar-refractivity contribution in [3.63, 3.8) is 0 Å². The van der Waals surface area contributed by atoms with Gasteiger partial charge in [0.15, 0.2) is 5.69 Å². The standard InChI is InChI=1S/C13H6F3N3O5/c14-13(15,16)4-1-2-5-6(3-4)17-12(24)19-9(5)7(10(20)21)8(18-19)11(22)23/h1-3H,(H,17,24)(H,20,21)(H,22,23). The fraction of sp³-hybridized carbons (Fsp3) is 0.0769. The van der Waals surface area contributed by atoms with Crippen molar-refractivity contribution in [2.24, 2.45) is 0 Å². The molecule has 0 aliphatic heterocycles. The van der Waals surface area contributed by atoms with E-state index in [-0.39, 0.29) is 10.9 Å². The van der Waals surface area contributed by atoms with Crippen LogP contribution in [0.5, 0.6) is 0 Å². The highest BCUT2D eigenvalue weighted by atomic mass is 19.4. The number of rotatable bonds is 2. The van der Waals surface area contributed by atoms with Crippen molar-refractivity contribution in [1.82, 2.24) is 14.6 Å². The lowest BCUT2D eigenvalue weighted by atomic mass is 10.1. The summed E-state index contributed by atoms with van der Waals surface area (Å²) in [6.45, 7) is 0. The van der Waals surface area contributed by atoms with Gasteiger partial charge in [-0.1, -0.05) is 6.07 Å². The molecular formula is C13H6F3N3O5. The highest BCUT2D eigenvalue weighted by molar-refractivity contribution is 6.11. The van der Waals surface area contributed by atoms with E-state index in [2.05, 4.69) is 10.1 Å². The summed E-state index contributed by atoms with van der Waals surface area (Å²) in [5.74, 6) is -3.36. The maximum absolute atomic E-state index is 12.8. The molecule has 0 fully saturated rings. The Hall–Kier alpha value is -3.37. The number of alkyl halides is 3. The van der Waals surface area contributed by atoms with Crippen molar-refractivity contribution in [1.29, 1.82) is 0 Å². The second kappa shape index (κ2) is 4.81. The second-order valence-corrected chi connectivity index (χ2v) is 4.78. The first-order valence-corrected chi connectivity index (χ1v) is 6.24. The number of halogens is 3. The lowest BCUT2D eigenvalue weighted by molar-refractivity contribution is -0.137. The van der Waals surface area contributed by atoms with Crippen molar-refractivity contribution < 1.29 is 33.0 Å². The lowest BCUT2D eigenvalue weighted by Crippen LogP contribution is -2.18. The van der Waals surface area contributed by atoms with Gasteiger partial charge in [0.2, 0.25) is 0 Å². The Morgan fingerprint density at radius 2 is 1.83 bits per heavy atom.